The van der Waals surface area contributed by atoms with Gasteiger partial charge in [-0.05, 0) is 37.8 Å². The first-order chi connectivity index (χ1) is 12.1. The third kappa shape index (κ3) is 3.81. The van der Waals surface area contributed by atoms with Crippen molar-refractivity contribution in [3.63, 3.8) is 0 Å². The lowest BCUT2D eigenvalue weighted by molar-refractivity contribution is -0.150. The fourth-order valence-electron chi connectivity index (χ4n) is 3.42. The third-order valence-corrected chi connectivity index (χ3v) is 4.62. The highest BCUT2D eigenvalue weighted by molar-refractivity contribution is 5.95. The van der Waals surface area contributed by atoms with Gasteiger partial charge in [0.05, 0.1) is 0 Å². The first kappa shape index (κ1) is 17.0. The van der Waals surface area contributed by atoms with Gasteiger partial charge in [-0.25, -0.2) is 9.59 Å². The molecule has 2 heterocycles. The maximum atomic E-state index is 12.9. The van der Waals surface area contributed by atoms with Gasteiger partial charge in [0.2, 0.25) is 5.91 Å². The minimum Gasteiger partial charge on any atom is -0.480 e. The van der Waals surface area contributed by atoms with E-state index < -0.39 is 24.1 Å². The first-order valence-corrected chi connectivity index (χ1v) is 8.39. The number of rotatable bonds is 3. The SMILES string of the molecule is O=C(Nc1ccccc1)NC1C/C=C\CC2CCC(C(=O)O)N2C1=O. The van der Waals surface area contributed by atoms with E-state index in [1.807, 2.05) is 18.2 Å². The van der Waals surface area contributed by atoms with Gasteiger partial charge < -0.3 is 20.6 Å². The topological polar surface area (TPSA) is 98.7 Å². The molecule has 1 aromatic rings. The number of carboxylic acid groups (broad SMARTS) is 1. The molecule has 0 aliphatic carbocycles. The number of anilines is 1. The highest BCUT2D eigenvalue weighted by Gasteiger charge is 2.43. The highest BCUT2D eigenvalue weighted by Crippen LogP contribution is 2.29. The van der Waals surface area contributed by atoms with Gasteiger partial charge in [0.25, 0.3) is 0 Å². The Bertz CT molecular complexity index is 689. The van der Waals surface area contributed by atoms with Crippen molar-refractivity contribution in [1.82, 2.24) is 10.2 Å². The van der Waals surface area contributed by atoms with E-state index in [-0.39, 0.29) is 11.9 Å². The Labute approximate surface area is 145 Å². The van der Waals surface area contributed by atoms with Crippen LogP contribution in [0.3, 0.4) is 0 Å². The molecule has 7 heteroatoms. The molecule has 0 aromatic heterocycles. The van der Waals surface area contributed by atoms with Gasteiger partial charge >= 0.3 is 12.0 Å². The average molecular weight is 343 g/mol. The van der Waals surface area contributed by atoms with E-state index >= 15 is 0 Å². The predicted molar refractivity (Wildman–Crippen MR) is 92.1 cm³/mol. The molecule has 1 fully saturated rings. The van der Waals surface area contributed by atoms with Gasteiger partial charge in [-0.2, -0.15) is 0 Å². The van der Waals surface area contributed by atoms with Crippen LogP contribution in [0.1, 0.15) is 25.7 Å². The van der Waals surface area contributed by atoms with Crippen LogP contribution in [0.5, 0.6) is 0 Å². The van der Waals surface area contributed by atoms with Crippen LogP contribution in [0.25, 0.3) is 0 Å². The lowest BCUT2D eigenvalue weighted by Crippen LogP contribution is -2.55. The van der Waals surface area contributed by atoms with Crippen molar-refractivity contribution in [3.05, 3.63) is 42.5 Å². The molecule has 0 radical (unpaired) electrons. The van der Waals surface area contributed by atoms with E-state index in [1.165, 1.54) is 4.90 Å². The van der Waals surface area contributed by atoms with E-state index in [4.69, 9.17) is 0 Å². The van der Waals surface area contributed by atoms with Crippen molar-refractivity contribution < 1.29 is 19.5 Å². The molecule has 0 saturated carbocycles. The maximum Gasteiger partial charge on any atom is 0.326 e. The zero-order chi connectivity index (χ0) is 17.8. The van der Waals surface area contributed by atoms with E-state index in [1.54, 1.807) is 24.3 Å². The summed E-state index contributed by atoms with van der Waals surface area (Å²) < 4.78 is 0. The molecule has 3 amide bonds. The van der Waals surface area contributed by atoms with Crippen molar-refractivity contribution in [2.24, 2.45) is 0 Å². The molecular formula is C18H21N3O4. The minimum atomic E-state index is -0.993. The standard InChI is InChI=1S/C18H21N3O4/c22-16-14(20-18(25)19-12-6-2-1-3-7-12)9-5-4-8-13-10-11-15(17(23)24)21(13)16/h1-7,13-15H,8-11H2,(H,23,24)(H2,19,20,25)/b5-4-. The van der Waals surface area contributed by atoms with Gasteiger partial charge in [0.1, 0.15) is 12.1 Å². The number of aliphatic carboxylic acids is 1. The van der Waals surface area contributed by atoms with Crippen LogP contribution < -0.4 is 10.6 Å². The van der Waals surface area contributed by atoms with Crippen LogP contribution in [0, 0.1) is 0 Å². The predicted octanol–water partition coefficient (Wildman–Crippen LogP) is 1.97. The number of hydrogen-bond donors (Lipinski definition) is 3. The number of fused-ring (bicyclic) bond motifs is 1. The van der Waals surface area contributed by atoms with Crippen LogP contribution in [-0.2, 0) is 9.59 Å². The number of carboxylic acids is 1. The zero-order valence-corrected chi connectivity index (χ0v) is 13.7. The smallest absolute Gasteiger partial charge is 0.326 e. The first-order valence-electron chi connectivity index (χ1n) is 8.39. The average Bonchev–Trinajstić information content (AvgIpc) is 3.00. The van der Waals surface area contributed by atoms with Crippen LogP contribution in [0.15, 0.2) is 42.5 Å². The second kappa shape index (κ2) is 7.38. The molecule has 3 unspecified atom stereocenters. The van der Waals surface area contributed by atoms with Crippen molar-refractivity contribution in [3.8, 4) is 0 Å². The molecule has 0 bridgehead atoms. The molecule has 25 heavy (non-hydrogen) atoms. The summed E-state index contributed by atoms with van der Waals surface area (Å²) in [5.41, 5.74) is 0.622. The second-order valence-electron chi connectivity index (χ2n) is 6.29. The summed E-state index contributed by atoms with van der Waals surface area (Å²) in [7, 11) is 0. The number of amides is 3. The zero-order valence-electron chi connectivity index (χ0n) is 13.7. The molecule has 0 spiro atoms. The quantitative estimate of drug-likeness (QED) is 0.731. The van der Waals surface area contributed by atoms with Gasteiger partial charge in [-0.15, -0.1) is 0 Å². The Kier molecular flexibility index (Phi) is 5.02. The van der Waals surface area contributed by atoms with E-state index in [0.29, 0.717) is 31.4 Å². The Morgan fingerprint density at radius 3 is 2.52 bits per heavy atom. The van der Waals surface area contributed by atoms with Gasteiger partial charge in [-0.3, -0.25) is 4.79 Å². The van der Waals surface area contributed by atoms with Crippen molar-refractivity contribution >= 4 is 23.6 Å². The van der Waals surface area contributed by atoms with Crippen LogP contribution >= 0.6 is 0 Å². The van der Waals surface area contributed by atoms with Gasteiger partial charge in [0.15, 0.2) is 0 Å². The third-order valence-electron chi connectivity index (χ3n) is 4.62. The Morgan fingerprint density at radius 1 is 1.08 bits per heavy atom. The summed E-state index contributed by atoms with van der Waals surface area (Å²) in [6.07, 6.45) is 5.93. The highest BCUT2D eigenvalue weighted by atomic mass is 16.4. The van der Waals surface area contributed by atoms with E-state index in [2.05, 4.69) is 10.6 Å². The minimum absolute atomic E-state index is 0.119. The molecule has 3 N–H and O–H groups in total. The lowest BCUT2D eigenvalue weighted by atomic mass is 10.0. The molecular weight excluding hydrogens is 322 g/mol. The molecule has 3 rings (SSSR count). The summed E-state index contributed by atoms with van der Waals surface area (Å²) in [5, 5.41) is 14.7. The van der Waals surface area contributed by atoms with Crippen LogP contribution in [-0.4, -0.2) is 46.0 Å². The number of carbonyl (C=O) groups excluding carboxylic acids is 2. The summed E-state index contributed by atoms with van der Waals surface area (Å²) in [6, 6.07) is 6.73. The Morgan fingerprint density at radius 2 is 1.80 bits per heavy atom. The lowest BCUT2D eigenvalue weighted by Gasteiger charge is -2.32. The fraction of sp³-hybridized carbons (Fsp3) is 0.389. The van der Waals surface area contributed by atoms with Crippen molar-refractivity contribution in [2.45, 2.75) is 43.8 Å². The maximum absolute atomic E-state index is 12.9. The molecule has 132 valence electrons. The second-order valence-corrected chi connectivity index (χ2v) is 6.29. The van der Waals surface area contributed by atoms with Crippen LogP contribution in [0.2, 0.25) is 0 Å². The largest absolute Gasteiger partial charge is 0.480 e. The number of carbonyl (C=O) groups is 3. The summed E-state index contributed by atoms with van der Waals surface area (Å²) in [5.74, 6) is -1.32. The number of hydrogen-bond acceptors (Lipinski definition) is 3. The number of nitrogens with zero attached hydrogens (tertiary/aromatic N) is 1. The summed E-state index contributed by atoms with van der Waals surface area (Å²) in [6.45, 7) is 0. The van der Waals surface area contributed by atoms with Gasteiger partial charge in [0, 0.05) is 11.7 Å². The van der Waals surface area contributed by atoms with Crippen molar-refractivity contribution in [1.29, 1.82) is 0 Å². The molecule has 3 atom stereocenters. The number of benzene rings is 1. The molecule has 2 aliphatic heterocycles. The van der Waals surface area contributed by atoms with Crippen LogP contribution in [0.4, 0.5) is 10.5 Å². The molecule has 2 aliphatic rings. The number of nitrogens with one attached hydrogen (secondary N) is 2. The molecule has 7 nitrogen and oxygen atoms in total. The van der Waals surface area contributed by atoms with E-state index in [0.717, 1.165) is 0 Å². The Balaban J connectivity index is 1.72. The normalized spacial score (nSPS) is 27.0. The Hall–Kier alpha value is -2.83. The molecule has 1 saturated heterocycles. The number of urea groups is 1. The van der Waals surface area contributed by atoms with Gasteiger partial charge in [-0.1, -0.05) is 30.4 Å². The summed E-state index contributed by atoms with van der Waals surface area (Å²) in [4.78, 5) is 38.0. The monoisotopic (exact) mass is 343 g/mol. The number of para-hydroxylation sites is 1. The molecule has 1 aromatic carbocycles. The fourth-order valence-corrected chi connectivity index (χ4v) is 3.42. The van der Waals surface area contributed by atoms with E-state index in [9.17, 15) is 19.5 Å². The summed E-state index contributed by atoms with van der Waals surface area (Å²) >= 11 is 0. The van der Waals surface area contributed by atoms with Crippen molar-refractivity contribution in [2.75, 3.05) is 5.32 Å².